The Kier molecular flexibility index (Phi) is 12.6. The van der Waals surface area contributed by atoms with Crippen molar-refractivity contribution in [2.75, 3.05) is 53.5 Å². The molecule has 0 radical (unpaired) electrons. The fourth-order valence-electron chi connectivity index (χ4n) is 1.96. The molecule has 0 saturated heterocycles. The molecule has 0 fully saturated rings. The molecular formula is C16H31IN4O2S. The minimum atomic E-state index is -0.939. The van der Waals surface area contributed by atoms with Crippen LogP contribution >= 0.6 is 35.3 Å². The van der Waals surface area contributed by atoms with Crippen LogP contribution < -0.4 is 10.6 Å². The molecule has 1 rings (SSSR count). The van der Waals surface area contributed by atoms with Crippen LogP contribution in [0.1, 0.15) is 18.7 Å². The summed E-state index contributed by atoms with van der Waals surface area (Å²) in [5.41, 5.74) is -0.939. The molecule has 0 bridgehead atoms. The SMILES string of the molecule is CCNC(=NCC(C)(O)c1cccs1)NCCN(C)CCOC.I. The van der Waals surface area contributed by atoms with Gasteiger partial charge in [-0.3, -0.25) is 0 Å². The number of nitrogens with one attached hydrogen (secondary N) is 2. The first-order chi connectivity index (χ1) is 11.0. The van der Waals surface area contributed by atoms with Gasteiger partial charge in [0.1, 0.15) is 5.60 Å². The van der Waals surface area contributed by atoms with Gasteiger partial charge in [0, 0.05) is 38.2 Å². The largest absolute Gasteiger partial charge is 0.383 e. The smallest absolute Gasteiger partial charge is 0.191 e. The lowest BCUT2D eigenvalue weighted by Gasteiger charge is -2.21. The molecule has 1 heterocycles. The predicted octanol–water partition coefficient (Wildman–Crippen LogP) is 1.71. The molecule has 0 spiro atoms. The lowest BCUT2D eigenvalue weighted by atomic mass is 10.1. The van der Waals surface area contributed by atoms with Gasteiger partial charge in [-0.05, 0) is 32.3 Å². The third-order valence-corrected chi connectivity index (χ3v) is 4.53. The van der Waals surface area contributed by atoms with Crippen LogP contribution in [0.3, 0.4) is 0 Å². The molecule has 3 N–H and O–H groups in total. The molecule has 1 aromatic rings. The molecule has 1 unspecified atom stereocenters. The molecule has 24 heavy (non-hydrogen) atoms. The maximum atomic E-state index is 10.5. The first-order valence-corrected chi connectivity index (χ1v) is 8.83. The van der Waals surface area contributed by atoms with Gasteiger partial charge >= 0.3 is 0 Å². The van der Waals surface area contributed by atoms with E-state index in [2.05, 4.69) is 27.6 Å². The van der Waals surface area contributed by atoms with Crippen molar-refractivity contribution in [2.45, 2.75) is 19.4 Å². The second-order valence-electron chi connectivity index (χ2n) is 5.67. The van der Waals surface area contributed by atoms with Gasteiger partial charge in [-0.15, -0.1) is 35.3 Å². The standard InChI is InChI=1S/C16H30N4O2S.HI/c1-5-17-15(18-8-9-20(3)10-11-22-4)19-13-16(2,21)14-7-6-12-23-14;/h6-7,12,21H,5,8-11,13H2,1-4H3,(H2,17,18,19);1H. The molecule has 0 aliphatic heterocycles. The maximum Gasteiger partial charge on any atom is 0.191 e. The Morgan fingerprint density at radius 3 is 2.75 bits per heavy atom. The summed E-state index contributed by atoms with van der Waals surface area (Å²) in [6, 6.07) is 3.88. The van der Waals surface area contributed by atoms with Gasteiger partial charge in [-0.2, -0.15) is 0 Å². The third kappa shape index (κ3) is 9.16. The number of hydrogen-bond acceptors (Lipinski definition) is 5. The molecule has 0 aliphatic carbocycles. The number of methoxy groups -OCH3 is 1. The number of aliphatic hydroxyl groups is 1. The Labute approximate surface area is 166 Å². The minimum absolute atomic E-state index is 0. The fourth-order valence-corrected chi connectivity index (χ4v) is 2.74. The van der Waals surface area contributed by atoms with E-state index >= 15 is 0 Å². The van der Waals surface area contributed by atoms with Gasteiger partial charge in [-0.25, -0.2) is 4.99 Å². The third-order valence-electron chi connectivity index (χ3n) is 3.40. The van der Waals surface area contributed by atoms with Gasteiger partial charge in [0.2, 0.25) is 0 Å². The lowest BCUT2D eigenvalue weighted by molar-refractivity contribution is 0.0711. The van der Waals surface area contributed by atoms with Crippen LogP contribution in [0.4, 0.5) is 0 Å². The van der Waals surface area contributed by atoms with E-state index in [1.54, 1.807) is 25.4 Å². The monoisotopic (exact) mass is 470 g/mol. The number of rotatable bonds is 10. The molecule has 1 atom stereocenters. The molecule has 0 aliphatic rings. The second-order valence-corrected chi connectivity index (χ2v) is 6.62. The zero-order chi connectivity index (χ0) is 17.1. The summed E-state index contributed by atoms with van der Waals surface area (Å²) in [6.45, 7) is 8.24. The summed E-state index contributed by atoms with van der Waals surface area (Å²) in [5, 5.41) is 19.0. The summed E-state index contributed by atoms with van der Waals surface area (Å²) in [7, 11) is 3.77. The number of aliphatic imine (C=N–C) groups is 1. The number of hydrogen-bond donors (Lipinski definition) is 3. The van der Waals surface area contributed by atoms with Crippen molar-refractivity contribution >= 4 is 41.3 Å². The zero-order valence-corrected chi connectivity index (χ0v) is 18.2. The molecule has 8 heteroatoms. The Hall–Kier alpha value is -0.420. The molecule has 140 valence electrons. The molecule has 6 nitrogen and oxygen atoms in total. The number of thiophene rings is 1. The summed E-state index contributed by atoms with van der Waals surface area (Å²) in [4.78, 5) is 7.63. The normalized spacial score (nSPS) is 14.2. The van der Waals surface area contributed by atoms with Crippen LogP contribution in [0.2, 0.25) is 0 Å². The van der Waals surface area contributed by atoms with Crippen molar-refractivity contribution < 1.29 is 9.84 Å². The minimum Gasteiger partial charge on any atom is -0.383 e. The van der Waals surface area contributed by atoms with Gasteiger partial charge in [-0.1, -0.05) is 6.07 Å². The second kappa shape index (κ2) is 12.9. The van der Waals surface area contributed by atoms with E-state index in [1.807, 2.05) is 24.4 Å². The van der Waals surface area contributed by atoms with E-state index in [9.17, 15) is 5.11 Å². The summed E-state index contributed by atoms with van der Waals surface area (Å²) in [5.74, 6) is 0.726. The zero-order valence-electron chi connectivity index (χ0n) is 15.0. The fraction of sp³-hybridized carbons (Fsp3) is 0.688. The Morgan fingerprint density at radius 2 is 2.17 bits per heavy atom. The van der Waals surface area contributed by atoms with E-state index in [0.717, 1.165) is 43.6 Å². The van der Waals surface area contributed by atoms with Crippen LogP contribution in [0.25, 0.3) is 0 Å². The average Bonchev–Trinajstić information content (AvgIpc) is 3.06. The summed E-state index contributed by atoms with van der Waals surface area (Å²) in [6.07, 6.45) is 0. The molecule has 0 aromatic carbocycles. The molecule has 0 saturated carbocycles. The Bertz CT molecular complexity index is 455. The summed E-state index contributed by atoms with van der Waals surface area (Å²) < 4.78 is 5.06. The van der Waals surface area contributed by atoms with E-state index in [0.29, 0.717) is 6.54 Å². The van der Waals surface area contributed by atoms with Crippen molar-refractivity contribution in [2.24, 2.45) is 4.99 Å². The van der Waals surface area contributed by atoms with Crippen molar-refractivity contribution in [3.8, 4) is 0 Å². The van der Waals surface area contributed by atoms with Crippen LogP contribution in [0.15, 0.2) is 22.5 Å². The average molecular weight is 470 g/mol. The molecule has 0 amide bonds. The number of guanidine groups is 1. The predicted molar refractivity (Wildman–Crippen MR) is 113 cm³/mol. The van der Waals surface area contributed by atoms with E-state index in [4.69, 9.17) is 4.74 Å². The number of nitrogens with zero attached hydrogens (tertiary/aromatic N) is 2. The van der Waals surface area contributed by atoms with Crippen molar-refractivity contribution in [3.05, 3.63) is 22.4 Å². The number of halogens is 1. The first kappa shape index (κ1) is 23.6. The number of ether oxygens (including phenoxy) is 1. The maximum absolute atomic E-state index is 10.5. The van der Waals surface area contributed by atoms with Gasteiger partial charge < -0.3 is 25.4 Å². The highest BCUT2D eigenvalue weighted by Gasteiger charge is 2.23. The van der Waals surface area contributed by atoms with Crippen LogP contribution in [-0.2, 0) is 10.3 Å². The first-order valence-electron chi connectivity index (χ1n) is 7.95. The Morgan fingerprint density at radius 1 is 1.42 bits per heavy atom. The van der Waals surface area contributed by atoms with Crippen molar-refractivity contribution in [1.29, 1.82) is 0 Å². The molecular weight excluding hydrogens is 439 g/mol. The Balaban J connectivity index is 0.00000529. The highest BCUT2D eigenvalue weighted by Crippen LogP contribution is 2.25. The van der Waals surface area contributed by atoms with Gasteiger partial charge in [0.25, 0.3) is 0 Å². The number of likely N-dealkylation sites (N-methyl/N-ethyl adjacent to an activating group) is 1. The van der Waals surface area contributed by atoms with E-state index < -0.39 is 5.60 Å². The van der Waals surface area contributed by atoms with Crippen LogP contribution in [-0.4, -0.2) is 69.5 Å². The topological polar surface area (TPSA) is 69.1 Å². The van der Waals surface area contributed by atoms with Crippen LogP contribution in [0.5, 0.6) is 0 Å². The van der Waals surface area contributed by atoms with E-state index in [1.165, 1.54) is 0 Å². The van der Waals surface area contributed by atoms with Gasteiger partial charge in [0.05, 0.1) is 13.2 Å². The quantitative estimate of drug-likeness (QED) is 0.276. The van der Waals surface area contributed by atoms with E-state index in [-0.39, 0.29) is 24.0 Å². The van der Waals surface area contributed by atoms with Crippen molar-refractivity contribution in [3.63, 3.8) is 0 Å². The molecule has 1 aromatic heterocycles. The highest BCUT2D eigenvalue weighted by atomic mass is 127. The highest BCUT2D eigenvalue weighted by molar-refractivity contribution is 14.0. The van der Waals surface area contributed by atoms with Crippen LogP contribution in [0, 0.1) is 0 Å². The summed E-state index contributed by atoms with van der Waals surface area (Å²) >= 11 is 1.55. The lowest BCUT2D eigenvalue weighted by Crippen LogP contribution is -2.42. The van der Waals surface area contributed by atoms with Gasteiger partial charge in [0.15, 0.2) is 5.96 Å². The van der Waals surface area contributed by atoms with Crippen molar-refractivity contribution in [1.82, 2.24) is 15.5 Å².